The number of halogens is 4. The number of carbonyl (C=O) groups excluding carboxylic acids is 3. The van der Waals surface area contributed by atoms with Crippen molar-refractivity contribution in [2.45, 2.75) is 19.6 Å². The Morgan fingerprint density at radius 3 is 2.42 bits per heavy atom. The summed E-state index contributed by atoms with van der Waals surface area (Å²) in [5.74, 6) is -4.36. The van der Waals surface area contributed by atoms with Gasteiger partial charge in [0.1, 0.15) is 0 Å². The summed E-state index contributed by atoms with van der Waals surface area (Å²) in [6, 6.07) is 12.9. The van der Waals surface area contributed by atoms with Crippen LogP contribution in [0.5, 0.6) is 0 Å². The molecule has 0 aliphatic carbocycles. The second-order valence-corrected chi connectivity index (χ2v) is 10.4. The quantitative estimate of drug-likeness (QED) is 0.182. The van der Waals surface area contributed by atoms with Crippen molar-refractivity contribution >= 4 is 41.0 Å². The van der Waals surface area contributed by atoms with E-state index in [0.717, 1.165) is 18.2 Å². The number of amides is 3. The Balaban J connectivity index is 0.000000231. The molecule has 0 unspecified atom stereocenters. The second-order valence-electron chi connectivity index (χ2n) is 10.0. The standard InChI is InChI=1S/C19H16N4O5.C11H7ClF3N7/c1-9-5-10(8-20)6-14(17(25)22-2)15(9)23-18(26)13-7-11(19(27)28)3-4-12(13)16(21)24;12-8-2-1-4-16-9(8)21-5-3-7(18-21)6-22-10(11(13,14)15)17-19-20-22/h3-7H,1-2H3,(H2,21,24)(H,22,25)(H,23,26)(H,27,28);1-5H,6H2. The molecular formula is C30H23ClF3N11O5. The minimum Gasteiger partial charge on any atom is -0.478 e. The van der Waals surface area contributed by atoms with Crippen molar-refractivity contribution in [2.24, 2.45) is 5.73 Å². The first-order valence-electron chi connectivity index (χ1n) is 13.9. The molecule has 3 amide bonds. The van der Waals surface area contributed by atoms with Crippen LogP contribution in [0.4, 0.5) is 18.9 Å². The predicted octanol–water partition coefficient (Wildman–Crippen LogP) is 3.25. The Labute approximate surface area is 284 Å². The molecule has 0 bridgehead atoms. The summed E-state index contributed by atoms with van der Waals surface area (Å²) in [4.78, 5) is 51.8. The third-order valence-electron chi connectivity index (χ3n) is 6.65. The number of anilines is 1. The molecule has 3 heterocycles. The van der Waals surface area contributed by atoms with Crippen molar-refractivity contribution in [3.63, 3.8) is 0 Å². The number of nitriles is 1. The molecule has 0 saturated carbocycles. The fourth-order valence-electron chi connectivity index (χ4n) is 4.37. The molecule has 0 fully saturated rings. The minimum absolute atomic E-state index is 0.0439. The SMILES string of the molecule is CNC(=O)c1cc(C#N)cc(C)c1NC(=O)c1cc(C(=O)O)ccc1C(N)=O.FC(F)(F)c1nnnn1Cc1ccn(-c2ncccc2Cl)n1. The molecule has 0 spiro atoms. The number of hydrogen-bond donors (Lipinski definition) is 4. The number of aryl methyl sites for hydroxylation is 1. The lowest BCUT2D eigenvalue weighted by Gasteiger charge is -2.15. The molecule has 50 heavy (non-hydrogen) atoms. The lowest BCUT2D eigenvalue weighted by molar-refractivity contribution is -0.147. The zero-order chi connectivity index (χ0) is 36.7. The van der Waals surface area contributed by atoms with Gasteiger partial charge in [0.25, 0.3) is 17.6 Å². The number of benzene rings is 2. The van der Waals surface area contributed by atoms with Crippen LogP contribution < -0.4 is 16.4 Å². The van der Waals surface area contributed by atoms with Gasteiger partial charge in [-0.25, -0.2) is 19.1 Å². The molecule has 16 nitrogen and oxygen atoms in total. The van der Waals surface area contributed by atoms with Crippen LogP contribution in [-0.4, -0.2) is 70.8 Å². The van der Waals surface area contributed by atoms with Crippen LogP contribution in [0.25, 0.3) is 5.82 Å². The Morgan fingerprint density at radius 2 is 1.80 bits per heavy atom. The molecular weight excluding hydrogens is 687 g/mol. The minimum atomic E-state index is -4.63. The van der Waals surface area contributed by atoms with Crippen LogP contribution >= 0.6 is 11.6 Å². The Kier molecular flexibility index (Phi) is 10.9. The molecule has 2 aromatic carbocycles. The van der Waals surface area contributed by atoms with Gasteiger partial charge in [-0.1, -0.05) is 11.6 Å². The molecule has 20 heteroatoms. The summed E-state index contributed by atoms with van der Waals surface area (Å²) in [5.41, 5.74) is 5.80. The number of carboxylic acid groups (broad SMARTS) is 1. The third-order valence-corrected chi connectivity index (χ3v) is 6.94. The van der Waals surface area contributed by atoms with E-state index in [4.69, 9.17) is 27.7 Å². The number of nitrogens with two attached hydrogens (primary N) is 1. The van der Waals surface area contributed by atoms with Crippen molar-refractivity contribution in [3.05, 3.63) is 111 Å². The Hall–Kier alpha value is -6.68. The van der Waals surface area contributed by atoms with Gasteiger partial charge < -0.3 is 21.5 Å². The van der Waals surface area contributed by atoms with E-state index >= 15 is 0 Å². The maximum absolute atomic E-state index is 12.8. The van der Waals surface area contributed by atoms with Gasteiger partial charge in [0, 0.05) is 19.4 Å². The van der Waals surface area contributed by atoms with Gasteiger partial charge in [-0.05, 0) is 71.4 Å². The number of aromatic nitrogens is 7. The van der Waals surface area contributed by atoms with E-state index in [1.54, 1.807) is 25.3 Å². The normalized spacial score (nSPS) is 10.7. The average Bonchev–Trinajstić information content (AvgIpc) is 3.75. The van der Waals surface area contributed by atoms with Gasteiger partial charge >= 0.3 is 12.1 Å². The highest BCUT2D eigenvalue weighted by Crippen LogP contribution is 2.27. The number of tetrazole rings is 1. The summed E-state index contributed by atoms with van der Waals surface area (Å²) in [5, 5.41) is 37.0. The number of hydrogen-bond acceptors (Lipinski definition) is 10. The van der Waals surface area contributed by atoms with Crippen LogP contribution in [0, 0.1) is 18.3 Å². The van der Waals surface area contributed by atoms with Crippen molar-refractivity contribution < 1.29 is 37.5 Å². The number of rotatable bonds is 8. The van der Waals surface area contributed by atoms with Gasteiger partial charge in [-0.2, -0.15) is 23.5 Å². The Bertz CT molecular complexity index is 2160. The topological polar surface area (TPSA) is 237 Å². The van der Waals surface area contributed by atoms with Gasteiger partial charge in [0.15, 0.2) is 5.82 Å². The van der Waals surface area contributed by atoms with Crippen molar-refractivity contribution in [1.29, 1.82) is 5.26 Å². The highest BCUT2D eigenvalue weighted by molar-refractivity contribution is 6.32. The molecule has 3 aromatic heterocycles. The monoisotopic (exact) mass is 709 g/mol. The van der Waals surface area contributed by atoms with E-state index in [1.165, 1.54) is 36.1 Å². The van der Waals surface area contributed by atoms with Crippen LogP contribution in [0.3, 0.4) is 0 Å². The lowest BCUT2D eigenvalue weighted by Crippen LogP contribution is -2.24. The number of nitrogens with one attached hydrogen (secondary N) is 2. The smallest absolute Gasteiger partial charge is 0.453 e. The molecule has 5 aromatic rings. The first kappa shape index (κ1) is 36.2. The molecule has 256 valence electrons. The highest BCUT2D eigenvalue weighted by atomic mass is 35.5. The van der Waals surface area contributed by atoms with Gasteiger partial charge in [0.05, 0.1) is 56.8 Å². The van der Waals surface area contributed by atoms with E-state index < -0.39 is 35.7 Å². The third kappa shape index (κ3) is 8.23. The van der Waals surface area contributed by atoms with Gasteiger partial charge in [0.2, 0.25) is 5.91 Å². The number of carboxylic acids is 1. The first-order valence-corrected chi connectivity index (χ1v) is 14.3. The fraction of sp³-hybridized carbons (Fsp3) is 0.133. The second kappa shape index (κ2) is 15.0. The summed E-state index contributed by atoms with van der Waals surface area (Å²) in [6.45, 7) is 1.37. The maximum Gasteiger partial charge on any atom is 0.453 e. The molecule has 0 atom stereocenters. The molecule has 5 rings (SSSR count). The largest absolute Gasteiger partial charge is 0.478 e. The van der Waals surface area contributed by atoms with Crippen molar-refractivity contribution in [1.82, 2.24) is 40.3 Å². The summed E-state index contributed by atoms with van der Waals surface area (Å²) in [7, 11) is 1.39. The Morgan fingerprint density at radius 1 is 1.06 bits per heavy atom. The van der Waals surface area contributed by atoms with Crippen LogP contribution in [-0.2, 0) is 12.7 Å². The van der Waals surface area contributed by atoms with Crippen molar-refractivity contribution in [3.8, 4) is 11.9 Å². The number of primary amides is 1. The van der Waals surface area contributed by atoms with E-state index in [0.29, 0.717) is 26.8 Å². The predicted molar refractivity (Wildman–Crippen MR) is 167 cm³/mol. The maximum atomic E-state index is 12.8. The number of nitrogens with zero attached hydrogens (tertiary/aromatic N) is 8. The van der Waals surface area contributed by atoms with E-state index in [1.807, 2.05) is 6.07 Å². The lowest BCUT2D eigenvalue weighted by atomic mass is 10.0. The van der Waals surface area contributed by atoms with E-state index in [-0.39, 0.29) is 40.0 Å². The van der Waals surface area contributed by atoms with E-state index in [9.17, 15) is 32.3 Å². The van der Waals surface area contributed by atoms with Crippen LogP contribution in [0.1, 0.15) is 64.1 Å². The molecule has 0 aliphatic heterocycles. The molecule has 0 saturated heterocycles. The number of carbonyl (C=O) groups is 4. The molecule has 0 aliphatic rings. The summed E-state index contributed by atoms with van der Waals surface area (Å²) >= 11 is 5.99. The van der Waals surface area contributed by atoms with Crippen LogP contribution in [0.2, 0.25) is 5.02 Å². The van der Waals surface area contributed by atoms with Gasteiger partial charge in [-0.3, -0.25) is 14.4 Å². The molecule has 5 N–H and O–H groups in total. The number of pyridine rings is 1. The summed E-state index contributed by atoms with van der Waals surface area (Å²) in [6.07, 6.45) is -1.55. The summed E-state index contributed by atoms with van der Waals surface area (Å²) < 4.78 is 40.1. The highest BCUT2D eigenvalue weighted by Gasteiger charge is 2.38. The zero-order valence-corrected chi connectivity index (χ0v) is 26.5. The first-order chi connectivity index (χ1) is 23.6. The average molecular weight is 710 g/mol. The van der Waals surface area contributed by atoms with Gasteiger partial charge in [-0.15, -0.1) is 5.10 Å². The molecule has 0 radical (unpaired) electrons. The van der Waals surface area contributed by atoms with E-state index in [2.05, 4.69) is 36.2 Å². The van der Waals surface area contributed by atoms with Crippen molar-refractivity contribution in [2.75, 3.05) is 12.4 Å². The zero-order valence-electron chi connectivity index (χ0n) is 25.7. The van der Waals surface area contributed by atoms with Crippen LogP contribution in [0.15, 0.2) is 60.9 Å². The fourth-order valence-corrected chi connectivity index (χ4v) is 4.58. The number of aromatic carboxylic acids is 1. The number of alkyl halides is 3.